The van der Waals surface area contributed by atoms with Crippen LogP contribution in [-0.2, 0) is 23.1 Å². The predicted molar refractivity (Wildman–Crippen MR) is 120 cm³/mol. The van der Waals surface area contributed by atoms with E-state index in [2.05, 4.69) is 39.9 Å². The van der Waals surface area contributed by atoms with Crippen LogP contribution in [-0.4, -0.2) is 61.4 Å². The van der Waals surface area contributed by atoms with Gasteiger partial charge in [-0.2, -0.15) is 0 Å². The van der Waals surface area contributed by atoms with Crippen molar-refractivity contribution in [3.63, 3.8) is 0 Å². The normalized spacial score (nSPS) is 20.8. The number of fused-ring (bicyclic) bond motifs is 2. The number of ether oxygens (including phenoxy) is 2. The van der Waals surface area contributed by atoms with Crippen molar-refractivity contribution in [1.82, 2.24) is 14.9 Å². The fourth-order valence-electron chi connectivity index (χ4n) is 5.49. The number of aromatic amines is 1. The van der Waals surface area contributed by atoms with Crippen molar-refractivity contribution in [2.24, 2.45) is 0 Å². The van der Waals surface area contributed by atoms with E-state index in [1.54, 1.807) is 7.11 Å². The Bertz CT molecular complexity index is 1000. The first-order valence-corrected chi connectivity index (χ1v) is 11.4. The summed E-state index contributed by atoms with van der Waals surface area (Å²) in [4.78, 5) is 25.6. The van der Waals surface area contributed by atoms with Gasteiger partial charge >= 0.3 is 0 Å². The number of likely N-dealkylation sites (tertiary alicyclic amines) is 1. The maximum atomic E-state index is 12.8. The van der Waals surface area contributed by atoms with Gasteiger partial charge in [0.1, 0.15) is 5.75 Å². The molecule has 0 bridgehead atoms. The maximum Gasteiger partial charge on any atom is 0.255 e. The van der Waals surface area contributed by atoms with E-state index in [1.807, 2.05) is 0 Å². The Kier molecular flexibility index (Phi) is 5.48. The minimum Gasteiger partial charge on any atom is -0.496 e. The Morgan fingerprint density at radius 3 is 2.65 bits per heavy atom. The van der Waals surface area contributed by atoms with E-state index in [-0.39, 0.29) is 11.0 Å². The average Bonchev–Trinajstić information content (AvgIpc) is 3.15. The second kappa shape index (κ2) is 8.28. The molecule has 2 aromatic rings. The summed E-state index contributed by atoms with van der Waals surface area (Å²) in [6, 6.07) is 6.45. The number of H-pyrrole nitrogens is 1. The molecule has 5 rings (SSSR count). The van der Waals surface area contributed by atoms with Crippen LogP contribution in [0.15, 0.2) is 23.0 Å². The van der Waals surface area contributed by atoms with Gasteiger partial charge in [0.05, 0.1) is 26.0 Å². The first-order chi connectivity index (χ1) is 15.1. The smallest absolute Gasteiger partial charge is 0.255 e. The van der Waals surface area contributed by atoms with Crippen LogP contribution in [0.3, 0.4) is 0 Å². The topological polar surface area (TPSA) is 70.7 Å². The van der Waals surface area contributed by atoms with Gasteiger partial charge in [0, 0.05) is 30.6 Å². The minimum absolute atomic E-state index is 0.0525. The van der Waals surface area contributed by atoms with Gasteiger partial charge in [0.15, 0.2) is 0 Å². The largest absolute Gasteiger partial charge is 0.496 e. The van der Waals surface area contributed by atoms with Crippen molar-refractivity contribution in [3.8, 4) is 5.75 Å². The number of aromatic nitrogens is 2. The summed E-state index contributed by atoms with van der Waals surface area (Å²) in [5, 5.41) is 0. The first kappa shape index (κ1) is 20.5. The lowest BCUT2D eigenvalue weighted by Crippen LogP contribution is -2.43. The summed E-state index contributed by atoms with van der Waals surface area (Å²) in [7, 11) is 1.72. The summed E-state index contributed by atoms with van der Waals surface area (Å²) in [5.74, 6) is 1.67. The fraction of sp³-hybridized carbons (Fsp3) is 0.583. The van der Waals surface area contributed by atoms with Gasteiger partial charge in [0.2, 0.25) is 5.95 Å². The van der Waals surface area contributed by atoms with Gasteiger partial charge in [-0.1, -0.05) is 12.1 Å². The SMILES string of the molecule is COc1ccc(CN2CCC3(CCc4c3nc(N3CCOCC3)[nH]c4=O)CC2)cc1C. The molecule has 7 heteroatoms. The molecule has 2 fully saturated rings. The van der Waals surface area contributed by atoms with E-state index < -0.39 is 0 Å². The highest BCUT2D eigenvalue weighted by Crippen LogP contribution is 2.44. The van der Waals surface area contributed by atoms with Gasteiger partial charge in [-0.25, -0.2) is 4.98 Å². The third kappa shape index (κ3) is 3.85. The van der Waals surface area contributed by atoms with Crippen molar-refractivity contribution >= 4 is 5.95 Å². The first-order valence-electron chi connectivity index (χ1n) is 11.4. The van der Waals surface area contributed by atoms with E-state index in [9.17, 15) is 4.79 Å². The number of rotatable bonds is 4. The molecule has 1 aromatic heterocycles. The van der Waals surface area contributed by atoms with Crippen molar-refractivity contribution in [2.45, 2.75) is 44.6 Å². The van der Waals surface area contributed by atoms with Gasteiger partial charge in [-0.05, 0) is 62.9 Å². The van der Waals surface area contributed by atoms with Crippen LogP contribution < -0.4 is 15.2 Å². The Morgan fingerprint density at radius 1 is 1.16 bits per heavy atom. The molecule has 3 aliphatic rings. The van der Waals surface area contributed by atoms with Gasteiger partial charge in [-0.3, -0.25) is 14.7 Å². The predicted octanol–water partition coefficient (Wildman–Crippen LogP) is 2.40. The molecule has 1 N–H and O–H groups in total. The molecule has 166 valence electrons. The molecule has 0 amide bonds. The third-order valence-corrected chi connectivity index (χ3v) is 7.35. The van der Waals surface area contributed by atoms with Crippen LogP contribution >= 0.6 is 0 Å². The maximum absolute atomic E-state index is 12.8. The molecule has 1 aromatic carbocycles. The number of benzene rings is 1. The lowest BCUT2D eigenvalue weighted by Gasteiger charge is -2.39. The Hall–Kier alpha value is -2.38. The van der Waals surface area contributed by atoms with E-state index in [0.717, 1.165) is 81.4 Å². The molecule has 1 spiro atoms. The third-order valence-electron chi connectivity index (χ3n) is 7.35. The number of piperidine rings is 1. The zero-order chi connectivity index (χ0) is 21.4. The lowest BCUT2D eigenvalue weighted by atomic mass is 9.76. The van der Waals surface area contributed by atoms with E-state index in [0.29, 0.717) is 13.2 Å². The van der Waals surface area contributed by atoms with Crippen LogP contribution in [0.25, 0.3) is 0 Å². The number of hydrogen-bond donors (Lipinski definition) is 1. The average molecular weight is 425 g/mol. The fourth-order valence-corrected chi connectivity index (χ4v) is 5.49. The lowest BCUT2D eigenvalue weighted by molar-refractivity contribution is 0.122. The Morgan fingerprint density at radius 2 is 1.94 bits per heavy atom. The highest BCUT2D eigenvalue weighted by Gasteiger charge is 2.44. The van der Waals surface area contributed by atoms with Gasteiger partial charge in [0.25, 0.3) is 5.56 Å². The second-order valence-electron chi connectivity index (χ2n) is 9.18. The number of nitrogens with one attached hydrogen (secondary N) is 1. The standard InChI is InChI=1S/C24H32N4O3/c1-17-15-18(3-4-20(17)30-2)16-27-9-7-24(8-10-27)6-5-19-21(24)25-23(26-22(19)29)28-11-13-31-14-12-28/h3-4,15H,5-14,16H2,1-2H3,(H,25,26,29). The van der Waals surface area contributed by atoms with Gasteiger partial charge in [-0.15, -0.1) is 0 Å². The summed E-state index contributed by atoms with van der Waals surface area (Å²) >= 11 is 0. The summed E-state index contributed by atoms with van der Waals surface area (Å²) in [6.07, 6.45) is 4.02. The molecular weight excluding hydrogens is 392 g/mol. The number of anilines is 1. The molecule has 1 aliphatic carbocycles. The summed E-state index contributed by atoms with van der Waals surface area (Å²) in [5.41, 5.74) is 4.59. The van der Waals surface area contributed by atoms with Crippen LogP contribution in [0.2, 0.25) is 0 Å². The molecular formula is C24H32N4O3. The van der Waals surface area contributed by atoms with Crippen molar-refractivity contribution < 1.29 is 9.47 Å². The zero-order valence-electron chi connectivity index (χ0n) is 18.6. The van der Waals surface area contributed by atoms with Crippen molar-refractivity contribution in [1.29, 1.82) is 0 Å². The van der Waals surface area contributed by atoms with Crippen LogP contribution in [0.1, 0.15) is 41.6 Å². The number of hydrogen-bond acceptors (Lipinski definition) is 6. The monoisotopic (exact) mass is 424 g/mol. The van der Waals surface area contributed by atoms with Crippen molar-refractivity contribution in [2.75, 3.05) is 51.4 Å². The number of nitrogens with zero attached hydrogens (tertiary/aromatic N) is 3. The van der Waals surface area contributed by atoms with Crippen LogP contribution in [0.4, 0.5) is 5.95 Å². The molecule has 0 unspecified atom stereocenters. The molecule has 2 saturated heterocycles. The molecule has 0 radical (unpaired) electrons. The quantitative estimate of drug-likeness (QED) is 0.813. The molecule has 0 saturated carbocycles. The molecule has 0 atom stereocenters. The minimum atomic E-state index is 0.0525. The van der Waals surface area contributed by atoms with E-state index >= 15 is 0 Å². The number of aryl methyl sites for hydroxylation is 1. The molecule has 7 nitrogen and oxygen atoms in total. The van der Waals surface area contributed by atoms with E-state index in [4.69, 9.17) is 14.5 Å². The van der Waals surface area contributed by atoms with E-state index in [1.165, 1.54) is 11.1 Å². The second-order valence-corrected chi connectivity index (χ2v) is 9.18. The zero-order valence-corrected chi connectivity index (χ0v) is 18.6. The molecule has 31 heavy (non-hydrogen) atoms. The number of morpholine rings is 1. The highest BCUT2D eigenvalue weighted by atomic mass is 16.5. The highest BCUT2D eigenvalue weighted by molar-refractivity contribution is 5.40. The molecule has 3 heterocycles. The van der Waals surface area contributed by atoms with Crippen molar-refractivity contribution in [3.05, 3.63) is 50.9 Å². The van der Waals surface area contributed by atoms with Crippen LogP contribution in [0, 0.1) is 6.92 Å². The molecule has 2 aliphatic heterocycles. The Labute approximate surface area is 183 Å². The summed E-state index contributed by atoms with van der Waals surface area (Å²) < 4.78 is 10.9. The van der Waals surface area contributed by atoms with Crippen LogP contribution in [0.5, 0.6) is 5.75 Å². The Balaban J connectivity index is 1.32. The number of methoxy groups -OCH3 is 1. The van der Waals surface area contributed by atoms with Gasteiger partial charge < -0.3 is 14.4 Å². The summed E-state index contributed by atoms with van der Waals surface area (Å²) in [6.45, 7) is 8.05.